The highest BCUT2D eigenvalue weighted by Gasteiger charge is 2.59. The minimum atomic E-state index is -3.52. The summed E-state index contributed by atoms with van der Waals surface area (Å²) in [6.07, 6.45) is -61.3. The highest BCUT2D eigenvalue weighted by molar-refractivity contribution is 5.01. The Morgan fingerprint density at radius 3 is 0.676 bits per heavy atom. The summed E-state index contributed by atoms with van der Waals surface area (Å²) in [7, 11) is 0. The van der Waals surface area contributed by atoms with Crippen LogP contribution in [0.5, 0.6) is 0 Å². The molecule has 0 aromatic rings. The Labute approximate surface area is 400 Å². The molecule has 0 aromatic carbocycles. The molecule has 0 unspecified atom stereocenters. The Morgan fingerprint density at radius 1 is 0.268 bits per heavy atom. The number of hydrogen-bond donors (Lipinski definition) is 20. The maximum Gasteiger partial charge on any atom is 0.302 e. The highest BCUT2D eigenvalue weighted by atomic mass is 16.8. The quantitative estimate of drug-likeness (QED) is 0.0954. The van der Waals surface area contributed by atoms with E-state index in [1.807, 2.05) is 0 Å². The van der Waals surface area contributed by atoms with Crippen molar-refractivity contribution >= 4 is 0 Å². The van der Waals surface area contributed by atoms with Gasteiger partial charge < -0.3 is 164 Å². The zero-order valence-electron chi connectivity index (χ0n) is 37.0. The van der Waals surface area contributed by atoms with E-state index in [1.54, 1.807) is 0 Å². The molecule has 0 amide bonds. The van der Waals surface area contributed by atoms with E-state index in [4.69, 9.17) is 61.6 Å². The first-order valence-corrected chi connectivity index (χ1v) is 22.4. The molecule has 22 fully saturated rings. The van der Waals surface area contributed by atoms with E-state index in [-0.39, 0.29) is 0 Å². The van der Waals surface area contributed by atoms with Crippen LogP contribution in [0.1, 0.15) is 0 Å². The monoisotopic (exact) mass is 1050 g/mol. The van der Waals surface area contributed by atoms with Crippen LogP contribution in [0, 0.1) is 0 Å². The molecule has 20 N–H and O–H groups in total. The van der Waals surface area contributed by atoms with Crippen LogP contribution in [0.25, 0.3) is 0 Å². The topological polar surface area (TPSA) is 525 Å². The molecule has 71 heavy (non-hydrogen) atoms. The lowest BCUT2D eigenvalue weighted by Gasteiger charge is -2.51. The number of aliphatic hydroxyl groups excluding tert-OH is 18. The van der Waals surface area contributed by atoms with Crippen molar-refractivity contribution in [3.05, 3.63) is 0 Å². The lowest BCUT2D eigenvalue weighted by molar-refractivity contribution is -0.431. The van der Waals surface area contributed by atoms with Gasteiger partial charge >= 0.3 is 5.97 Å². The third kappa shape index (κ3) is 11.5. The summed E-state index contributed by atoms with van der Waals surface area (Å²) in [4.78, 5) is 0. The molecular weight excluding hydrogens is 984 g/mol. The summed E-state index contributed by atoms with van der Waals surface area (Å²) < 4.78 is 73.3. The lowest BCUT2D eigenvalue weighted by atomic mass is 9.94. The molecule has 22 aliphatic rings. The second-order valence-electron chi connectivity index (χ2n) is 17.8. The number of aliphatic hydroxyl groups is 20. The molecule has 414 valence electrons. The van der Waals surface area contributed by atoms with Crippen molar-refractivity contribution in [3.8, 4) is 0 Å². The maximum atomic E-state index is 11.6. The molecule has 30 atom stereocenters. The van der Waals surface area contributed by atoms with Crippen molar-refractivity contribution in [1.82, 2.24) is 0 Å². The Kier molecular flexibility index (Phi) is 19.3. The first kappa shape index (κ1) is 57.4. The van der Waals surface area contributed by atoms with Crippen LogP contribution >= 0.6 is 0 Å². The van der Waals surface area contributed by atoms with Gasteiger partial charge in [-0.15, -0.1) is 0 Å². The summed E-state index contributed by atoms with van der Waals surface area (Å²) in [5, 5.41) is 217. The summed E-state index contributed by atoms with van der Waals surface area (Å²) in [6.45, 7) is -8.00. The first-order valence-electron chi connectivity index (χ1n) is 22.4. The van der Waals surface area contributed by atoms with Gasteiger partial charge in [0.1, 0.15) is 153 Å². The summed E-state index contributed by atoms with van der Waals surface area (Å²) in [5.74, 6) is -3.52. The van der Waals surface area contributed by atoms with Gasteiger partial charge in [-0.2, -0.15) is 0 Å². The molecule has 22 heterocycles. The van der Waals surface area contributed by atoms with Crippen molar-refractivity contribution in [1.29, 1.82) is 0 Å². The van der Waals surface area contributed by atoms with Crippen molar-refractivity contribution in [2.45, 2.75) is 190 Å². The molecule has 22 saturated heterocycles. The van der Waals surface area contributed by atoms with E-state index >= 15 is 0 Å². The molecule has 33 nitrogen and oxygen atoms in total. The molecule has 0 saturated carbocycles. The fourth-order valence-electron chi connectivity index (χ4n) is 9.30. The van der Waals surface area contributed by atoms with E-state index in [9.17, 15) is 102 Å². The van der Waals surface area contributed by atoms with E-state index < -0.39 is 236 Å². The standard InChI is InChI=1S/C38H64O33/c39-1-8-25-14(46)19(51)32(59-8)66-26-9(2-40)61-34(21(53)16(26)48)68-28-11(4-42)63-36(23(55)18(28)50)70-30-13(6-44)64-37(24(56)31(30)71-38(57,58)7-45)69-29-12(5-43)62-35(22(54)17(29)49)67-27-10(3-41)60-33(65-25)20(52)15(27)47/h8-37,39-58H,1-7H2/t8-,9-,10-,11-,12-,13-,14-,15-,16-,17-,18-,19-,20-,21-,22-,23-,24-,25-,26-,27-,28-,29-,30+,31-,32-,33-,34-,35-,36-,37-/m1/s1. The van der Waals surface area contributed by atoms with E-state index in [1.165, 1.54) is 0 Å². The largest absolute Gasteiger partial charge is 0.394 e. The molecule has 22 rings (SSSR count). The zero-order valence-corrected chi connectivity index (χ0v) is 37.0. The van der Waals surface area contributed by atoms with E-state index in [2.05, 4.69) is 0 Å². The Morgan fingerprint density at radius 2 is 0.465 bits per heavy atom. The van der Waals surface area contributed by atoms with Crippen LogP contribution in [0.4, 0.5) is 0 Å². The lowest BCUT2D eigenvalue weighted by Crippen LogP contribution is -2.69. The van der Waals surface area contributed by atoms with Gasteiger partial charge in [0.05, 0.1) is 39.6 Å². The number of ether oxygens (including phenoxy) is 13. The summed E-state index contributed by atoms with van der Waals surface area (Å²) >= 11 is 0. The highest BCUT2D eigenvalue weighted by Crippen LogP contribution is 2.39. The fourth-order valence-corrected chi connectivity index (χ4v) is 9.30. The zero-order chi connectivity index (χ0) is 52.0. The summed E-state index contributed by atoms with van der Waals surface area (Å²) in [5.41, 5.74) is 0. The van der Waals surface area contributed by atoms with E-state index in [0.717, 1.165) is 0 Å². The minimum Gasteiger partial charge on any atom is -0.394 e. The normalized spacial score (nSPS) is 52.6. The van der Waals surface area contributed by atoms with Gasteiger partial charge in [-0.1, -0.05) is 0 Å². The second kappa shape index (κ2) is 23.9. The van der Waals surface area contributed by atoms with Crippen molar-refractivity contribution in [2.24, 2.45) is 0 Å². The van der Waals surface area contributed by atoms with Crippen molar-refractivity contribution in [3.63, 3.8) is 0 Å². The van der Waals surface area contributed by atoms with Gasteiger partial charge in [-0.3, -0.25) is 0 Å². The van der Waals surface area contributed by atoms with Gasteiger partial charge in [-0.25, -0.2) is 0 Å². The number of rotatable bonds is 9. The van der Waals surface area contributed by atoms with Crippen LogP contribution < -0.4 is 0 Å². The van der Waals surface area contributed by atoms with E-state index in [0.29, 0.717) is 0 Å². The van der Waals surface area contributed by atoms with Crippen LogP contribution in [-0.4, -0.2) is 339 Å². The smallest absolute Gasteiger partial charge is 0.302 e. The first-order chi connectivity index (χ1) is 33.7. The Bertz CT molecular complexity index is 1640. The average molecular weight is 1050 g/mol. The van der Waals surface area contributed by atoms with Gasteiger partial charge in [0.25, 0.3) is 0 Å². The van der Waals surface area contributed by atoms with Crippen LogP contribution in [0.15, 0.2) is 0 Å². The third-order valence-corrected chi connectivity index (χ3v) is 13.2. The minimum absolute atomic E-state index is 1.02. The van der Waals surface area contributed by atoms with Crippen LogP contribution in [0.3, 0.4) is 0 Å². The Hall–Kier alpha value is -1.32. The fraction of sp³-hybridized carbons (Fsp3) is 1.00. The van der Waals surface area contributed by atoms with Gasteiger partial charge in [-0.05, 0) is 0 Å². The number of hydrogen-bond acceptors (Lipinski definition) is 33. The van der Waals surface area contributed by atoms with Gasteiger partial charge in [0.2, 0.25) is 0 Å². The van der Waals surface area contributed by atoms with Gasteiger partial charge in [0.15, 0.2) is 37.7 Å². The van der Waals surface area contributed by atoms with Gasteiger partial charge in [0, 0.05) is 0 Å². The SMILES string of the molecule is OC[C@H]1O[C@@H]2O[C@H]3[C@H](O)[C@@H](O)[C@@H](O[C@H]4[C@H](O)[C@@H](O)[C@@H](O[C@H]5[C@H](O)[C@@H](O)[C@@H](O[C@H]6[C@H](O)[C@@H](O)[C@@H](O[C@H]7[C@H](O)[C@@H](O)[C@@H](O[C@@H]1[C@H](OC(O)(O)CO)[C@H]2O)O[C@@H]7CO)O[C@@H]6CO)O[C@@H]5CO)O[C@@H]4CO)O[C@@H]3CO. The predicted molar refractivity (Wildman–Crippen MR) is 209 cm³/mol. The molecule has 12 bridgehead atoms. The molecular formula is C38H64O33. The second-order valence-corrected chi connectivity index (χ2v) is 17.8. The Balaban J connectivity index is 1.23. The molecule has 22 aliphatic heterocycles. The molecule has 0 radical (unpaired) electrons. The van der Waals surface area contributed by atoms with Crippen molar-refractivity contribution in [2.75, 3.05) is 46.2 Å². The summed E-state index contributed by atoms with van der Waals surface area (Å²) in [6, 6.07) is 0. The molecule has 0 aromatic heterocycles. The maximum absolute atomic E-state index is 11.6. The predicted octanol–water partition coefficient (Wildman–Crippen LogP) is -14.4. The van der Waals surface area contributed by atoms with Crippen LogP contribution in [-0.2, 0) is 61.6 Å². The van der Waals surface area contributed by atoms with Crippen LogP contribution in [0.2, 0.25) is 0 Å². The van der Waals surface area contributed by atoms with Crippen molar-refractivity contribution < 1.29 is 164 Å². The molecule has 0 aliphatic carbocycles. The molecule has 33 heteroatoms. The third-order valence-electron chi connectivity index (χ3n) is 13.2. The average Bonchev–Trinajstić information content (AvgIpc) is 3.35. The molecule has 0 spiro atoms.